The van der Waals surface area contributed by atoms with Gasteiger partial charge in [0.2, 0.25) is 5.91 Å². The molecule has 1 N–H and O–H groups in total. The Bertz CT molecular complexity index is 267. The summed E-state index contributed by atoms with van der Waals surface area (Å²) in [4.78, 5) is 14.2. The van der Waals surface area contributed by atoms with E-state index in [0.29, 0.717) is 11.9 Å². The number of rotatable bonds is 5. The Morgan fingerprint density at radius 3 is 2.63 bits per heavy atom. The van der Waals surface area contributed by atoms with Crippen molar-refractivity contribution in [3.8, 4) is 0 Å². The molecule has 1 saturated heterocycles. The number of halogens is 1. The van der Waals surface area contributed by atoms with Crippen LogP contribution in [0.1, 0.15) is 57.8 Å². The maximum atomic E-state index is 12.1. The van der Waals surface area contributed by atoms with Crippen molar-refractivity contribution in [2.24, 2.45) is 5.92 Å². The first-order valence-electron chi connectivity index (χ1n) is 7.74. The molecule has 2 fully saturated rings. The van der Waals surface area contributed by atoms with Crippen LogP contribution in [0.25, 0.3) is 0 Å². The quantitative estimate of drug-likeness (QED) is 0.843. The van der Waals surface area contributed by atoms with E-state index in [1.54, 1.807) is 0 Å². The Hall–Kier alpha value is -0.280. The lowest BCUT2D eigenvalue weighted by Gasteiger charge is -2.32. The highest BCUT2D eigenvalue weighted by molar-refractivity contribution is 5.85. The summed E-state index contributed by atoms with van der Waals surface area (Å²) in [7, 11) is 2.00. The monoisotopic (exact) mass is 288 g/mol. The fourth-order valence-electron chi connectivity index (χ4n) is 3.44. The van der Waals surface area contributed by atoms with Crippen molar-refractivity contribution in [3.63, 3.8) is 0 Å². The smallest absolute Gasteiger partial charge is 0.222 e. The Morgan fingerprint density at radius 2 is 1.95 bits per heavy atom. The van der Waals surface area contributed by atoms with Gasteiger partial charge in [-0.25, -0.2) is 0 Å². The first-order valence-corrected chi connectivity index (χ1v) is 7.74. The maximum absolute atomic E-state index is 12.1. The summed E-state index contributed by atoms with van der Waals surface area (Å²) in [5.74, 6) is 1.30. The SMILES string of the molecule is CNC1CCCN(C(=O)CCCC2CCCC2)C1.Cl. The summed E-state index contributed by atoms with van der Waals surface area (Å²) in [6.07, 6.45) is 11.1. The van der Waals surface area contributed by atoms with Gasteiger partial charge in [-0.15, -0.1) is 12.4 Å². The third-order valence-corrected chi connectivity index (χ3v) is 4.66. The Labute approximate surface area is 123 Å². The van der Waals surface area contributed by atoms with E-state index in [1.807, 2.05) is 7.05 Å². The highest BCUT2D eigenvalue weighted by atomic mass is 35.5. The van der Waals surface area contributed by atoms with Crippen molar-refractivity contribution in [3.05, 3.63) is 0 Å². The molecule has 0 aromatic heterocycles. The second kappa shape index (κ2) is 8.80. The van der Waals surface area contributed by atoms with Crippen molar-refractivity contribution in [2.75, 3.05) is 20.1 Å². The number of piperidine rings is 1. The summed E-state index contributed by atoms with van der Waals surface area (Å²) in [6.45, 7) is 1.89. The predicted molar refractivity (Wildman–Crippen MR) is 81.7 cm³/mol. The number of likely N-dealkylation sites (N-methyl/N-ethyl adjacent to an activating group) is 1. The normalized spacial score (nSPS) is 24.3. The first kappa shape index (κ1) is 16.8. The number of amides is 1. The second-order valence-electron chi connectivity index (χ2n) is 6.01. The maximum Gasteiger partial charge on any atom is 0.222 e. The zero-order valence-electron chi connectivity index (χ0n) is 12.2. The molecule has 112 valence electrons. The van der Waals surface area contributed by atoms with Crippen molar-refractivity contribution >= 4 is 18.3 Å². The molecule has 1 unspecified atom stereocenters. The Morgan fingerprint density at radius 1 is 1.21 bits per heavy atom. The zero-order chi connectivity index (χ0) is 12.8. The van der Waals surface area contributed by atoms with E-state index in [1.165, 1.54) is 38.5 Å². The molecule has 2 rings (SSSR count). The minimum atomic E-state index is 0. The number of carbonyl (C=O) groups is 1. The van der Waals surface area contributed by atoms with Crippen LogP contribution in [0.4, 0.5) is 0 Å². The van der Waals surface area contributed by atoms with Crippen molar-refractivity contribution in [2.45, 2.75) is 63.8 Å². The highest BCUT2D eigenvalue weighted by Crippen LogP contribution is 2.29. The molecule has 0 aromatic carbocycles. The molecule has 0 bridgehead atoms. The first-order chi connectivity index (χ1) is 8.79. The van der Waals surface area contributed by atoms with Crippen LogP contribution in [-0.4, -0.2) is 37.0 Å². The predicted octanol–water partition coefficient (Wildman–Crippen LogP) is 2.98. The Balaban J connectivity index is 0.00000180. The van der Waals surface area contributed by atoms with Crippen LogP contribution in [0.3, 0.4) is 0 Å². The van der Waals surface area contributed by atoms with Gasteiger partial charge in [0.05, 0.1) is 0 Å². The standard InChI is InChI=1S/C15H28N2O.ClH/c1-16-14-9-5-11-17(12-14)15(18)10-4-8-13-6-2-3-7-13;/h13-14,16H,2-12H2,1H3;1H. The fraction of sp³-hybridized carbons (Fsp3) is 0.933. The second-order valence-corrected chi connectivity index (χ2v) is 6.01. The molecule has 3 nitrogen and oxygen atoms in total. The molecule has 0 radical (unpaired) electrons. The molecule has 0 spiro atoms. The summed E-state index contributed by atoms with van der Waals surface area (Å²) < 4.78 is 0. The van der Waals surface area contributed by atoms with Crippen LogP contribution in [0.5, 0.6) is 0 Å². The third kappa shape index (κ3) is 5.31. The van der Waals surface area contributed by atoms with Crippen LogP contribution in [-0.2, 0) is 4.79 Å². The van der Waals surface area contributed by atoms with Gasteiger partial charge in [0.1, 0.15) is 0 Å². The average Bonchev–Trinajstić information content (AvgIpc) is 2.92. The van der Waals surface area contributed by atoms with Gasteiger partial charge in [0.15, 0.2) is 0 Å². The lowest BCUT2D eigenvalue weighted by Crippen LogP contribution is -2.46. The number of nitrogens with one attached hydrogen (secondary N) is 1. The lowest BCUT2D eigenvalue weighted by atomic mass is 10.00. The average molecular weight is 289 g/mol. The number of likely N-dealkylation sites (tertiary alicyclic amines) is 1. The molecule has 1 heterocycles. The zero-order valence-corrected chi connectivity index (χ0v) is 13.0. The molecule has 0 aromatic rings. The molecule has 1 atom stereocenters. The van der Waals surface area contributed by atoms with Crippen molar-refractivity contribution in [1.82, 2.24) is 10.2 Å². The van der Waals surface area contributed by atoms with Gasteiger partial charge in [-0.3, -0.25) is 4.79 Å². The molecule has 1 saturated carbocycles. The van der Waals surface area contributed by atoms with E-state index in [9.17, 15) is 4.79 Å². The number of hydrogen-bond acceptors (Lipinski definition) is 2. The summed E-state index contributed by atoms with van der Waals surface area (Å²) in [5, 5.41) is 3.30. The lowest BCUT2D eigenvalue weighted by molar-refractivity contribution is -0.132. The summed E-state index contributed by atoms with van der Waals surface area (Å²) >= 11 is 0. The minimum Gasteiger partial charge on any atom is -0.341 e. The topological polar surface area (TPSA) is 32.3 Å². The van der Waals surface area contributed by atoms with Gasteiger partial charge in [0.25, 0.3) is 0 Å². The minimum absolute atomic E-state index is 0. The van der Waals surface area contributed by atoms with E-state index in [-0.39, 0.29) is 12.4 Å². The van der Waals surface area contributed by atoms with E-state index in [0.717, 1.165) is 38.3 Å². The third-order valence-electron chi connectivity index (χ3n) is 4.66. The molecule has 1 aliphatic carbocycles. The van der Waals surface area contributed by atoms with Gasteiger partial charge in [-0.2, -0.15) is 0 Å². The summed E-state index contributed by atoms with van der Waals surface area (Å²) in [6, 6.07) is 0.512. The Kier molecular flexibility index (Phi) is 7.77. The fourth-order valence-corrected chi connectivity index (χ4v) is 3.44. The molecule has 19 heavy (non-hydrogen) atoms. The van der Waals surface area contributed by atoms with Gasteiger partial charge in [0, 0.05) is 25.6 Å². The van der Waals surface area contributed by atoms with Crippen molar-refractivity contribution in [1.29, 1.82) is 0 Å². The summed E-state index contributed by atoms with van der Waals surface area (Å²) in [5.41, 5.74) is 0. The van der Waals surface area contributed by atoms with Gasteiger partial charge in [-0.1, -0.05) is 25.7 Å². The van der Waals surface area contributed by atoms with Crippen molar-refractivity contribution < 1.29 is 4.79 Å². The molecule has 2 aliphatic rings. The van der Waals surface area contributed by atoms with Gasteiger partial charge in [-0.05, 0) is 38.6 Å². The molecule has 1 aliphatic heterocycles. The van der Waals surface area contributed by atoms with Gasteiger partial charge < -0.3 is 10.2 Å². The molecular weight excluding hydrogens is 260 g/mol. The van der Waals surface area contributed by atoms with E-state index in [2.05, 4.69) is 10.2 Å². The van der Waals surface area contributed by atoms with Gasteiger partial charge >= 0.3 is 0 Å². The van der Waals surface area contributed by atoms with E-state index in [4.69, 9.17) is 0 Å². The number of carbonyl (C=O) groups excluding carboxylic acids is 1. The molecule has 4 heteroatoms. The van der Waals surface area contributed by atoms with Crippen LogP contribution in [0, 0.1) is 5.92 Å². The van der Waals surface area contributed by atoms with Crippen LogP contribution >= 0.6 is 12.4 Å². The number of nitrogens with zero attached hydrogens (tertiary/aromatic N) is 1. The van der Waals surface area contributed by atoms with E-state index >= 15 is 0 Å². The highest BCUT2D eigenvalue weighted by Gasteiger charge is 2.22. The van der Waals surface area contributed by atoms with Crippen LogP contribution < -0.4 is 5.32 Å². The molecular formula is C15H29ClN2O. The van der Waals surface area contributed by atoms with E-state index < -0.39 is 0 Å². The van der Waals surface area contributed by atoms with Crippen LogP contribution in [0.2, 0.25) is 0 Å². The number of hydrogen-bond donors (Lipinski definition) is 1. The molecule has 1 amide bonds. The van der Waals surface area contributed by atoms with Crippen LogP contribution in [0.15, 0.2) is 0 Å². The largest absolute Gasteiger partial charge is 0.341 e.